The number of nitro groups is 1. The second-order valence-corrected chi connectivity index (χ2v) is 5.18. The highest BCUT2D eigenvalue weighted by molar-refractivity contribution is 7.23. The molecule has 0 bridgehead atoms. The van der Waals surface area contributed by atoms with Crippen LogP contribution in [-0.2, 0) is 0 Å². The number of hydrogen-bond acceptors (Lipinski definition) is 5. The van der Waals surface area contributed by atoms with Gasteiger partial charge in [-0.15, -0.1) is 11.3 Å². The van der Waals surface area contributed by atoms with E-state index in [-0.39, 0.29) is 5.69 Å². The van der Waals surface area contributed by atoms with Crippen LogP contribution in [0.5, 0.6) is 0 Å². The molecule has 0 unspecified atom stereocenters. The molecule has 0 aliphatic carbocycles. The van der Waals surface area contributed by atoms with Crippen molar-refractivity contribution in [1.29, 1.82) is 0 Å². The fourth-order valence-corrected chi connectivity index (χ4v) is 3.08. The van der Waals surface area contributed by atoms with Gasteiger partial charge in [-0.25, -0.2) is 0 Å². The van der Waals surface area contributed by atoms with Crippen molar-refractivity contribution in [3.8, 4) is 10.4 Å². The maximum absolute atomic E-state index is 10.7. The van der Waals surface area contributed by atoms with E-state index in [9.17, 15) is 10.1 Å². The zero-order valence-corrected chi connectivity index (χ0v) is 11.3. The number of non-ortho nitro benzene ring substituents is 1. The summed E-state index contributed by atoms with van der Waals surface area (Å²) >= 11 is 1.43. The molecule has 0 saturated carbocycles. The van der Waals surface area contributed by atoms with Gasteiger partial charge in [0.15, 0.2) is 0 Å². The number of nitrogens with zero attached hydrogens (tertiary/aromatic N) is 5. The van der Waals surface area contributed by atoms with E-state index in [0.29, 0.717) is 11.2 Å². The Morgan fingerprint density at radius 1 is 1.29 bits per heavy atom. The zero-order chi connectivity index (χ0) is 14.8. The van der Waals surface area contributed by atoms with Gasteiger partial charge >= 0.3 is 0 Å². The number of thiophene rings is 1. The van der Waals surface area contributed by atoms with Crippen LogP contribution in [0.2, 0.25) is 0 Å². The minimum absolute atomic E-state index is 0.0170. The molecule has 0 saturated heterocycles. The van der Waals surface area contributed by atoms with Gasteiger partial charge in [-0.05, 0) is 35.4 Å². The average molecular weight is 297 g/mol. The predicted octanol–water partition coefficient (Wildman–Crippen LogP) is 4.81. The highest BCUT2D eigenvalue weighted by Gasteiger charge is 2.14. The van der Waals surface area contributed by atoms with Gasteiger partial charge in [-0.3, -0.25) is 15.1 Å². The molecule has 1 aromatic carbocycles. The van der Waals surface area contributed by atoms with Crippen LogP contribution in [0.4, 0.5) is 11.4 Å². The van der Waals surface area contributed by atoms with E-state index in [1.165, 1.54) is 23.5 Å². The Morgan fingerprint density at radius 2 is 2.05 bits per heavy atom. The van der Waals surface area contributed by atoms with E-state index < -0.39 is 4.92 Å². The molecule has 8 heteroatoms. The van der Waals surface area contributed by atoms with Crippen molar-refractivity contribution in [1.82, 2.24) is 4.98 Å². The predicted molar refractivity (Wildman–Crippen MR) is 80.5 cm³/mol. The molecule has 0 N–H and O–H groups in total. The molecule has 0 fully saturated rings. The normalized spacial score (nSPS) is 10.3. The fourth-order valence-electron chi connectivity index (χ4n) is 1.98. The number of pyridine rings is 1. The topological polar surface area (TPSA) is 105 Å². The Morgan fingerprint density at radius 3 is 2.71 bits per heavy atom. The quantitative estimate of drug-likeness (QED) is 0.227. The van der Waals surface area contributed by atoms with E-state index in [1.54, 1.807) is 24.4 Å². The third-order valence-electron chi connectivity index (χ3n) is 2.91. The number of aromatic nitrogens is 1. The van der Waals surface area contributed by atoms with Crippen molar-refractivity contribution >= 4 is 32.9 Å². The van der Waals surface area contributed by atoms with Crippen LogP contribution >= 0.6 is 11.3 Å². The standard InChI is InChI=1S/C13H7N5O2S/c14-17-16-12-11-10(2-1-7-15-11)21-13(12)8-3-5-9(6-4-8)18(19)20/h1-7H. The molecule has 0 aliphatic heterocycles. The average Bonchev–Trinajstić information content (AvgIpc) is 2.87. The summed E-state index contributed by atoms with van der Waals surface area (Å²) in [6.45, 7) is 0. The van der Waals surface area contributed by atoms with Gasteiger partial charge in [0, 0.05) is 28.1 Å². The molecular weight excluding hydrogens is 290 g/mol. The van der Waals surface area contributed by atoms with Gasteiger partial charge in [0.25, 0.3) is 5.69 Å². The molecule has 0 atom stereocenters. The molecular formula is C13H7N5O2S. The molecule has 102 valence electrons. The van der Waals surface area contributed by atoms with E-state index >= 15 is 0 Å². The van der Waals surface area contributed by atoms with Crippen LogP contribution in [0.25, 0.3) is 31.1 Å². The van der Waals surface area contributed by atoms with E-state index in [0.717, 1.165) is 15.1 Å². The number of rotatable bonds is 3. The van der Waals surface area contributed by atoms with E-state index in [2.05, 4.69) is 15.0 Å². The molecule has 0 aliphatic rings. The zero-order valence-electron chi connectivity index (χ0n) is 10.5. The Kier molecular flexibility index (Phi) is 3.23. The minimum Gasteiger partial charge on any atom is -0.258 e. The monoisotopic (exact) mass is 297 g/mol. The van der Waals surface area contributed by atoms with E-state index in [4.69, 9.17) is 5.53 Å². The van der Waals surface area contributed by atoms with Gasteiger partial charge in [-0.2, -0.15) is 0 Å². The summed E-state index contributed by atoms with van der Waals surface area (Å²) in [5, 5.41) is 14.4. The van der Waals surface area contributed by atoms with Crippen LogP contribution in [0.1, 0.15) is 0 Å². The van der Waals surface area contributed by atoms with Crippen LogP contribution in [0.15, 0.2) is 47.7 Å². The van der Waals surface area contributed by atoms with Gasteiger partial charge in [0.2, 0.25) is 0 Å². The summed E-state index contributed by atoms with van der Waals surface area (Å²) < 4.78 is 0.897. The van der Waals surface area contributed by atoms with Gasteiger partial charge in [-0.1, -0.05) is 5.11 Å². The second kappa shape index (κ2) is 5.20. The second-order valence-electron chi connectivity index (χ2n) is 4.12. The third-order valence-corrected chi connectivity index (χ3v) is 4.09. The highest BCUT2D eigenvalue weighted by Crippen LogP contribution is 2.43. The van der Waals surface area contributed by atoms with Crippen LogP contribution < -0.4 is 0 Å². The van der Waals surface area contributed by atoms with Crippen molar-refractivity contribution in [2.24, 2.45) is 5.11 Å². The first-order valence-electron chi connectivity index (χ1n) is 5.88. The van der Waals surface area contributed by atoms with Crippen molar-refractivity contribution in [2.45, 2.75) is 0 Å². The molecule has 0 amide bonds. The van der Waals surface area contributed by atoms with Crippen LogP contribution in [0.3, 0.4) is 0 Å². The number of nitro benzene ring substituents is 1. The molecule has 7 nitrogen and oxygen atoms in total. The molecule has 0 radical (unpaired) electrons. The molecule has 2 aromatic heterocycles. The molecule has 3 aromatic rings. The molecule has 3 rings (SSSR count). The maximum atomic E-state index is 10.7. The summed E-state index contributed by atoms with van der Waals surface area (Å²) in [6, 6.07) is 9.81. The van der Waals surface area contributed by atoms with Gasteiger partial charge < -0.3 is 0 Å². The van der Waals surface area contributed by atoms with E-state index in [1.807, 2.05) is 6.07 Å². The summed E-state index contributed by atoms with van der Waals surface area (Å²) in [7, 11) is 0. The van der Waals surface area contributed by atoms with Crippen molar-refractivity contribution < 1.29 is 4.92 Å². The Hall–Kier alpha value is -2.96. The molecule has 0 spiro atoms. The Bertz CT molecular complexity index is 881. The lowest BCUT2D eigenvalue weighted by Gasteiger charge is -1.99. The molecule has 21 heavy (non-hydrogen) atoms. The fraction of sp³-hybridized carbons (Fsp3) is 0. The number of hydrogen-bond donors (Lipinski definition) is 0. The first-order chi connectivity index (χ1) is 10.2. The first kappa shape index (κ1) is 13.0. The lowest BCUT2D eigenvalue weighted by atomic mass is 10.1. The van der Waals surface area contributed by atoms with Crippen LogP contribution in [-0.4, -0.2) is 9.91 Å². The third kappa shape index (κ3) is 2.29. The lowest BCUT2D eigenvalue weighted by molar-refractivity contribution is -0.384. The Balaban J connectivity index is 2.21. The lowest BCUT2D eigenvalue weighted by Crippen LogP contribution is -1.86. The van der Waals surface area contributed by atoms with Crippen LogP contribution in [0, 0.1) is 10.1 Å². The maximum Gasteiger partial charge on any atom is 0.269 e. The smallest absolute Gasteiger partial charge is 0.258 e. The first-order valence-corrected chi connectivity index (χ1v) is 6.70. The summed E-state index contributed by atoms with van der Waals surface area (Å²) in [5.74, 6) is 0. The van der Waals surface area contributed by atoms with Crippen molar-refractivity contribution in [2.75, 3.05) is 0 Å². The summed E-state index contributed by atoms with van der Waals surface area (Å²) in [6.07, 6.45) is 1.63. The summed E-state index contributed by atoms with van der Waals surface area (Å²) in [4.78, 5) is 18.1. The van der Waals surface area contributed by atoms with Crippen molar-refractivity contribution in [3.63, 3.8) is 0 Å². The number of azide groups is 1. The highest BCUT2D eigenvalue weighted by atomic mass is 32.1. The number of benzene rings is 1. The SMILES string of the molecule is [N-]=[N+]=Nc1c(-c2ccc([N+](=O)[O-])cc2)sc2cccnc12. The van der Waals surface area contributed by atoms with Crippen molar-refractivity contribution in [3.05, 3.63) is 63.2 Å². The van der Waals surface area contributed by atoms with Gasteiger partial charge in [0.05, 0.1) is 20.8 Å². The largest absolute Gasteiger partial charge is 0.269 e. The number of fused-ring (bicyclic) bond motifs is 1. The van der Waals surface area contributed by atoms with Gasteiger partial charge in [0.1, 0.15) is 0 Å². The summed E-state index contributed by atoms with van der Waals surface area (Å²) in [5.41, 5.74) is 10.6. The minimum atomic E-state index is -0.454. The molecule has 2 heterocycles. The Labute approximate surface area is 122 Å².